The van der Waals surface area contributed by atoms with Gasteiger partial charge in [-0.2, -0.15) is 8.78 Å². The molecule has 2 aromatic carbocycles. The molecule has 0 atom stereocenters. The second-order valence-corrected chi connectivity index (χ2v) is 6.53. The molecule has 0 saturated carbocycles. The first-order chi connectivity index (χ1) is 14.9. The molecule has 10 heteroatoms. The topological polar surface area (TPSA) is 91.7 Å². The van der Waals surface area contributed by atoms with E-state index < -0.39 is 6.61 Å². The van der Waals surface area contributed by atoms with E-state index in [0.717, 1.165) is 0 Å². The summed E-state index contributed by atoms with van der Waals surface area (Å²) in [7, 11) is 2.98. The number of rotatable bonds is 9. The minimum absolute atomic E-state index is 0.0475. The molecule has 0 spiro atoms. The number of halogens is 2. The Morgan fingerprint density at radius 3 is 2.61 bits per heavy atom. The van der Waals surface area contributed by atoms with Gasteiger partial charge < -0.3 is 19.5 Å². The maximum Gasteiger partial charge on any atom is 0.387 e. The molecule has 0 aliphatic heterocycles. The second kappa shape index (κ2) is 9.88. The van der Waals surface area contributed by atoms with Crippen LogP contribution in [0.1, 0.15) is 12.8 Å². The Morgan fingerprint density at radius 1 is 1.16 bits per heavy atom. The van der Waals surface area contributed by atoms with Crippen molar-refractivity contribution in [3.63, 3.8) is 0 Å². The monoisotopic (exact) mass is 433 g/mol. The number of carbonyl (C=O) groups is 1. The molecule has 0 saturated heterocycles. The Labute approximate surface area is 176 Å². The Bertz CT molecular complexity index is 1130. The Kier molecular flexibility index (Phi) is 7.01. The van der Waals surface area contributed by atoms with Gasteiger partial charge in [0.1, 0.15) is 5.75 Å². The summed E-state index contributed by atoms with van der Waals surface area (Å²) in [6, 6.07) is 8.93. The number of alkyl halides is 2. The lowest BCUT2D eigenvalue weighted by atomic mass is 10.2. The van der Waals surface area contributed by atoms with Crippen LogP contribution in [-0.2, 0) is 11.3 Å². The molecule has 1 aromatic heterocycles. The molecule has 0 fully saturated rings. The van der Waals surface area contributed by atoms with Crippen molar-refractivity contribution in [2.45, 2.75) is 26.0 Å². The van der Waals surface area contributed by atoms with Crippen molar-refractivity contribution < 1.29 is 27.8 Å². The van der Waals surface area contributed by atoms with Gasteiger partial charge in [-0.25, -0.2) is 4.98 Å². The molecule has 0 aliphatic carbocycles. The predicted octanol–water partition coefficient (Wildman–Crippen LogP) is 3.43. The average Bonchev–Trinajstić information content (AvgIpc) is 2.74. The smallest absolute Gasteiger partial charge is 0.387 e. The van der Waals surface area contributed by atoms with Gasteiger partial charge in [0.05, 0.1) is 31.4 Å². The molecule has 8 nitrogen and oxygen atoms in total. The number of aryl methyl sites for hydroxylation is 1. The summed E-state index contributed by atoms with van der Waals surface area (Å²) in [5.74, 6) is 0.527. The molecule has 3 aromatic rings. The summed E-state index contributed by atoms with van der Waals surface area (Å²) < 4.78 is 40.8. The lowest BCUT2D eigenvalue weighted by Gasteiger charge is -2.11. The van der Waals surface area contributed by atoms with Gasteiger partial charge >= 0.3 is 6.61 Å². The summed E-state index contributed by atoms with van der Waals surface area (Å²) in [6.07, 6.45) is 1.91. The van der Waals surface area contributed by atoms with Gasteiger partial charge in [-0.1, -0.05) is 6.07 Å². The highest BCUT2D eigenvalue weighted by molar-refractivity contribution is 5.90. The van der Waals surface area contributed by atoms with Crippen LogP contribution in [-0.4, -0.2) is 36.3 Å². The number of ether oxygens (including phenoxy) is 3. The van der Waals surface area contributed by atoms with E-state index >= 15 is 0 Å². The number of fused-ring (bicyclic) bond motifs is 1. The van der Waals surface area contributed by atoms with Crippen molar-refractivity contribution in [1.82, 2.24) is 9.55 Å². The van der Waals surface area contributed by atoms with Crippen LogP contribution in [0.5, 0.6) is 17.2 Å². The number of hydrogen-bond donors (Lipinski definition) is 1. The standard InChI is InChI=1S/C21H21F2N3O5/c1-29-17-10-15-16(11-18(17)30-2)24-12-26(20(15)28)8-4-7-19(27)25-13-5-3-6-14(9-13)31-21(22)23/h3,5-6,9-12,21H,4,7-8H2,1-2H3,(H,25,27). The third-order valence-corrected chi connectivity index (χ3v) is 4.48. The van der Waals surface area contributed by atoms with Crippen LogP contribution in [0.4, 0.5) is 14.5 Å². The van der Waals surface area contributed by atoms with E-state index in [1.54, 1.807) is 18.2 Å². The Morgan fingerprint density at radius 2 is 1.90 bits per heavy atom. The van der Waals surface area contributed by atoms with Crippen LogP contribution in [0.3, 0.4) is 0 Å². The van der Waals surface area contributed by atoms with Crippen molar-refractivity contribution in [1.29, 1.82) is 0 Å². The number of nitrogens with zero attached hydrogens (tertiary/aromatic N) is 2. The van der Waals surface area contributed by atoms with Gasteiger partial charge in [-0.05, 0) is 24.6 Å². The zero-order chi connectivity index (χ0) is 22.4. The van der Waals surface area contributed by atoms with Crippen LogP contribution in [0.25, 0.3) is 10.9 Å². The van der Waals surface area contributed by atoms with Gasteiger partial charge in [0.2, 0.25) is 5.91 Å². The van der Waals surface area contributed by atoms with Gasteiger partial charge in [-0.15, -0.1) is 0 Å². The van der Waals surface area contributed by atoms with E-state index in [4.69, 9.17) is 9.47 Å². The van der Waals surface area contributed by atoms with Gasteiger partial charge in [0, 0.05) is 30.8 Å². The van der Waals surface area contributed by atoms with Crippen molar-refractivity contribution in [3.8, 4) is 17.2 Å². The second-order valence-electron chi connectivity index (χ2n) is 6.53. The molecule has 0 bridgehead atoms. The molecule has 1 amide bonds. The fourth-order valence-electron chi connectivity index (χ4n) is 3.03. The molecular formula is C21H21F2N3O5. The Balaban J connectivity index is 1.63. The van der Waals surface area contributed by atoms with E-state index in [2.05, 4.69) is 15.0 Å². The fraction of sp³-hybridized carbons (Fsp3) is 0.286. The maximum absolute atomic E-state index is 12.7. The zero-order valence-electron chi connectivity index (χ0n) is 16.9. The molecular weight excluding hydrogens is 412 g/mol. The zero-order valence-corrected chi connectivity index (χ0v) is 16.9. The van der Waals surface area contributed by atoms with Crippen LogP contribution in [0.15, 0.2) is 47.5 Å². The van der Waals surface area contributed by atoms with E-state index in [-0.39, 0.29) is 30.2 Å². The van der Waals surface area contributed by atoms with Gasteiger partial charge in [0.15, 0.2) is 11.5 Å². The first-order valence-electron chi connectivity index (χ1n) is 9.37. The summed E-state index contributed by atoms with van der Waals surface area (Å²) in [5.41, 5.74) is 0.555. The predicted molar refractivity (Wildman–Crippen MR) is 110 cm³/mol. The van der Waals surface area contributed by atoms with Crippen molar-refractivity contribution >= 4 is 22.5 Å². The number of benzene rings is 2. The number of methoxy groups -OCH3 is 2. The van der Waals surface area contributed by atoms with Crippen LogP contribution >= 0.6 is 0 Å². The highest BCUT2D eigenvalue weighted by atomic mass is 19.3. The number of aromatic nitrogens is 2. The van der Waals surface area contributed by atoms with E-state index in [1.165, 1.54) is 43.3 Å². The summed E-state index contributed by atoms with van der Waals surface area (Å²) in [5, 5.41) is 2.99. The quantitative estimate of drug-likeness (QED) is 0.556. The Hall–Kier alpha value is -3.69. The highest BCUT2D eigenvalue weighted by Gasteiger charge is 2.12. The van der Waals surface area contributed by atoms with E-state index in [0.29, 0.717) is 34.5 Å². The van der Waals surface area contributed by atoms with E-state index in [1.807, 2.05) is 0 Å². The fourth-order valence-corrected chi connectivity index (χ4v) is 3.03. The first kappa shape index (κ1) is 22.0. The molecule has 1 heterocycles. The normalized spacial score (nSPS) is 10.9. The molecule has 0 aliphatic rings. The summed E-state index contributed by atoms with van der Waals surface area (Å²) >= 11 is 0. The average molecular weight is 433 g/mol. The minimum atomic E-state index is -2.94. The lowest BCUT2D eigenvalue weighted by Crippen LogP contribution is -2.22. The van der Waals surface area contributed by atoms with Crippen LogP contribution in [0, 0.1) is 0 Å². The van der Waals surface area contributed by atoms with Gasteiger partial charge in [-0.3, -0.25) is 14.2 Å². The van der Waals surface area contributed by atoms with Crippen molar-refractivity contribution in [3.05, 3.63) is 53.1 Å². The molecule has 1 N–H and O–H groups in total. The van der Waals surface area contributed by atoms with E-state index in [9.17, 15) is 18.4 Å². The van der Waals surface area contributed by atoms with Crippen LogP contribution in [0.2, 0.25) is 0 Å². The number of carbonyl (C=O) groups excluding carboxylic acids is 1. The number of anilines is 1. The van der Waals surface area contributed by atoms with Gasteiger partial charge in [0.25, 0.3) is 5.56 Å². The molecule has 164 valence electrons. The van der Waals surface area contributed by atoms with Crippen molar-refractivity contribution in [2.24, 2.45) is 0 Å². The molecule has 0 radical (unpaired) electrons. The van der Waals surface area contributed by atoms with Crippen LogP contribution < -0.4 is 25.1 Å². The third-order valence-electron chi connectivity index (χ3n) is 4.48. The SMILES string of the molecule is COc1cc2ncn(CCCC(=O)Nc3cccc(OC(F)F)c3)c(=O)c2cc1OC. The summed E-state index contributed by atoms with van der Waals surface area (Å²) in [4.78, 5) is 29.2. The molecule has 31 heavy (non-hydrogen) atoms. The largest absolute Gasteiger partial charge is 0.493 e. The number of hydrogen-bond acceptors (Lipinski definition) is 6. The first-order valence-corrected chi connectivity index (χ1v) is 9.37. The minimum Gasteiger partial charge on any atom is -0.493 e. The van der Waals surface area contributed by atoms with Crippen molar-refractivity contribution in [2.75, 3.05) is 19.5 Å². The maximum atomic E-state index is 12.7. The molecule has 0 unspecified atom stereocenters. The number of nitrogens with one attached hydrogen (secondary N) is 1. The lowest BCUT2D eigenvalue weighted by molar-refractivity contribution is -0.116. The summed E-state index contributed by atoms with van der Waals surface area (Å²) in [6.45, 7) is -2.67. The molecule has 3 rings (SSSR count). The highest BCUT2D eigenvalue weighted by Crippen LogP contribution is 2.29. The number of amides is 1. The third kappa shape index (κ3) is 5.47.